The first-order valence-corrected chi connectivity index (χ1v) is 5.61. The molecule has 8 heteroatoms. The zero-order valence-corrected chi connectivity index (χ0v) is 10.1. The SMILES string of the molecule is CC(C)NC(=O)O/N=C/c1csc([N+](=O)[O-])c1. The van der Waals surface area contributed by atoms with Crippen LogP contribution in [0.25, 0.3) is 0 Å². The third-order valence-electron chi connectivity index (χ3n) is 1.53. The number of carbonyl (C=O) groups excluding carboxylic acids is 1. The summed E-state index contributed by atoms with van der Waals surface area (Å²) in [7, 11) is 0. The van der Waals surface area contributed by atoms with E-state index in [1.165, 1.54) is 12.3 Å². The predicted molar refractivity (Wildman–Crippen MR) is 63.3 cm³/mol. The van der Waals surface area contributed by atoms with Gasteiger partial charge in [-0.15, -0.1) is 0 Å². The second-order valence-electron chi connectivity index (χ2n) is 3.39. The van der Waals surface area contributed by atoms with Crippen LogP contribution >= 0.6 is 11.3 Å². The summed E-state index contributed by atoms with van der Waals surface area (Å²) in [5.41, 5.74) is 0.513. The normalized spacial score (nSPS) is 10.8. The van der Waals surface area contributed by atoms with Gasteiger partial charge in [-0.3, -0.25) is 15.0 Å². The fourth-order valence-electron chi connectivity index (χ4n) is 0.900. The summed E-state index contributed by atoms with van der Waals surface area (Å²) in [6.45, 7) is 3.57. The Labute approximate surface area is 101 Å². The third kappa shape index (κ3) is 4.60. The maximum absolute atomic E-state index is 11.0. The predicted octanol–water partition coefficient (Wildman–Crippen LogP) is 2.12. The second-order valence-corrected chi connectivity index (χ2v) is 4.28. The van der Waals surface area contributed by atoms with Crippen LogP contribution in [0.4, 0.5) is 9.80 Å². The first kappa shape index (κ1) is 13.1. The van der Waals surface area contributed by atoms with E-state index in [1.54, 1.807) is 19.2 Å². The Morgan fingerprint density at radius 3 is 2.94 bits per heavy atom. The monoisotopic (exact) mass is 257 g/mol. The molecule has 1 aromatic heterocycles. The average Bonchev–Trinajstić information content (AvgIpc) is 2.65. The molecule has 0 aromatic carbocycles. The van der Waals surface area contributed by atoms with Crippen LogP contribution in [-0.2, 0) is 4.84 Å². The van der Waals surface area contributed by atoms with E-state index in [1.807, 2.05) is 0 Å². The first-order chi connectivity index (χ1) is 7.99. The van der Waals surface area contributed by atoms with Gasteiger partial charge < -0.3 is 5.32 Å². The van der Waals surface area contributed by atoms with E-state index in [4.69, 9.17) is 0 Å². The van der Waals surface area contributed by atoms with Gasteiger partial charge in [-0.2, -0.15) is 0 Å². The van der Waals surface area contributed by atoms with Gasteiger partial charge in [-0.25, -0.2) is 4.79 Å². The topological polar surface area (TPSA) is 93.8 Å². The van der Waals surface area contributed by atoms with Gasteiger partial charge in [0.15, 0.2) is 0 Å². The summed E-state index contributed by atoms with van der Waals surface area (Å²) in [5, 5.41) is 17.8. The van der Waals surface area contributed by atoms with Crippen LogP contribution in [0.1, 0.15) is 19.4 Å². The molecule has 0 spiro atoms. The highest BCUT2D eigenvalue weighted by atomic mass is 32.1. The fourth-order valence-corrected chi connectivity index (χ4v) is 1.58. The van der Waals surface area contributed by atoms with Crippen molar-refractivity contribution in [3.63, 3.8) is 0 Å². The van der Waals surface area contributed by atoms with Gasteiger partial charge in [0.05, 0.1) is 11.1 Å². The number of hydrogen-bond acceptors (Lipinski definition) is 6. The smallest absolute Gasteiger partial charge is 0.317 e. The molecule has 1 N–H and O–H groups in total. The van der Waals surface area contributed by atoms with Crippen LogP contribution < -0.4 is 5.32 Å². The first-order valence-electron chi connectivity index (χ1n) is 4.73. The Bertz CT molecular complexity index is 441. The highest BCUT2D eigenvalue weighted by Gasteiger charge is 2.08. The van der Waals surface area contributed by atoms with Gasteiger partial charge in [0, 0.05) is 23.1 Å². The van der Waals surface area contributed by atoms with Crippen molar-refractivity contribution in [2.24, 2.45) is 5.16 Å². The zero-order valence-electron chi connectivity index (χ0n) is 9.25. The van der Waals surface area contributed by atoms with Crippen LogP contribution in [0, 0.1) is 10.1 Å². The van der Waals surface area contributed by atoms with E-state index in [0.717, 1.165) is 11.3 Å². The van der Waals surface area contributed by atoms with Crippen LogP contribution in [-0.4, -0.2) is 23.3 Å². The number of thiophene rings is 1. The molecule has 0 aliphatic carbocycles. The van der Waals surface area contributed by atoms with Gasteiger partial charge in [0.25, 0.3) is 0 Å². The van der Waals surface area contributed by atoms with Crippen LogP contribution in [0.5, 0.6) is 0 Å². The Morgan fingerprint density at radius 2 is 2.41 bits per heavy atom. The van der Waals surface area contributed by atoms with Crippen molar-refractivity contribution in [2.45, 2.75) is 19.9 Å². The minimum atomic E-state index is -0.666. The molecule has 0 saturated carbocycles. The summed E-state index contributed by atoms with van der Waals surface area (Å²) < 4.78 is 0. The molecule has 1 amide bonds. The van der Waals surface area contributed by atoms with Gasteiger partial charge in [0.2, 0.25) is 0 Å². The molecular formula is C9H11N3O4S. The minimum Gasteiger partial charge on any atom is -0.317 e. The summed E-state index contributed by atoms with van der Waals surface area (Å²) in [4.78, 5) is 25.4. The summed E-state index contributed by atoms with van der Waals surface area (Å²) >= 11 is 0.981. The molecular weight excluding hydrogens is 246 g/mol. The summed E-state index contributed by atoms with van der Waals surface area (Å²) in [6, 6.07) is 1.30. The van der Waals surface area contributed by atoms with Crippen molar-refractivity contribution in [3.8, 4) is 0 Å². The van der Waals surface area contributed by atoms with Gasteiger partial charge >= 0.3 is 11.1 Å². The van der Waals surface area contributed by atoms with Gasteiger partial charge in [-0.05, 0) is 13.8 Å². The van der Waals surface area contributed by atoms with Crippen LogP contribution in [0.2, 0.25) is 0 Å². The number of nitro groups is 1. The molecule has 0 aliphatic rings. The molecule has 0 radical (unpaired) electrons. The van der Waals surface area contributed by atoms with Crippen molar-refractivity contribution >= 4 is 28.6 Å². The molecule has 0 aliphatic heterocycles. The number of nitrogens with one attached hydrogen (secondary N) is 1. The average molecular weight is 257 g/mol. The van der Waals surface area contributed by atoms with Crippen LogP contribution in [0.3, 0.4) is 0 Å². The summed E-state index contributed by atoms with van der Waals surface area (Å²) in [5.74, 6) is 0. The molecule has 0 saturated heterocycles. The van der Waals surface area contributed by atoms with Crippen molar-refractivity contribution in [1.82, 2.24) is 5.32 Å². The molecule has 0 fully saturated rings. The molecule has 92 valence electrons. The maximum Gasteiger partial charge on any atom is 0.433 e. The fraction of sp³-hybridized carbons (Fsp3) is 0.333. The van der Waals surface area contributed by atoms with Gasteiger partial charge in [-0.1, -0.05) is 16.5 Å². The van der Waals surface area contributed by atoms with E-state index in [2.05, 4.69) is 15.3 Å². The Balaban J connectivity index is 2.48. The quantitative estimate of drug-likeness (QED) is 0.387. The van der Waals surface area contributed by atoms with Crippen molar-refractivity contribution in [3.05, 3.63) is 27.1 Å². The minimum absolute atomic E-state index is 0.0121. The van der Waals surface area contributed by atoms with Crippen molar-refractivity contribution < 1.29 is 14.6 Å². The number of amides is 1. The number of carbonyl (C=O) groups is 1. The van der Waals surface area contributed by atoms with E-state index in [9.17, 15) is 14.9 Å². The standard InChI is InChI=1S/C9H11N3O4S/c1-6(2)11-9(13)16-10-4-7-3-8(12(14)15)17-5-7/h3-6H,1-2H3,(H,11,13)/b10-4+. The molecule has 1 heterocycles. The Kier molecular flexibility index (Phi) is 4.58. The zero-order chi connectivity index (χ0) is 12.8. The number of hydrogen-bond donors (Lipinski definition) is 1. The van der Waals surface area contributed by atoms with Gasteiger partial charge in [0.1, 0.15) is 0 Å². The Morgan fingerprint density at radius 1 is 1.71 bits per heavy atom. The highest BCUT2D eigenvalue weighted by molar-refractivity contribution is 7.13. The molecule has 0 bridgehead atoms. The molecule has 1 rings (SSSR count). The second kappa shape index (κ2) is 5.94. The lowest BCUT2D eigenvalue weighted by Gasteiger charge is -2.04. The number of rotatable bonds is 4. The lowest BCUT2D eigenvalue weighted by molar-refractivity contribution is -0.380. The van der Waals surface area contributed by atoms with E-state index in [-0.39, 0.29) is 11.0 Å². The number of nitrogens with zero attached hydrogens (tertiary/aromatic N) is 2. The largest absolute Gasteiger partial charge is 0.433 e. The Hall–Kier alpha value is -1.96. The molecule has 0 unspecified atom stereocenters. The number of oxime groups is 1. The van der Waals surface area contributed by atoms with Crippen molar-refractivity contribution in [1.29, 1.82) is 0 Å². The van der Waals surface area contributed by atoms with Crippen molar-refractivity contribution in [2.75, 3.05) is 0 Å². The molecule has 1 aromatic rings. The maximum atomic E-state index is 11.0. The highest BCUT2D eigenvalue weighted by Crippen LogP contribution is 2.21. The van der Waals surface area contributed by atoms with E-state index >= 15 is 0 Å². The van der Waals surface area contributed by atoms with E-state index in [0.29, 0.717) is 5.56 Å². The third-order valence-corrected chi connectivity index (χ3v) is 2.43. The molecule has 7 nitrogen and oxygen atoms in total. The van der Waals surface area contributed by atoms with E-state index < -0.39 is 11.0 Å². The molecule has 0 atom stereocenters. The summed E-state index contributed by atoms with van der Waals surface area (Å²) in [6.07, 6.45) is 0.574. The lowest BCUT2D eigenvalue weighted by atomic mass is 10.4. The van der Waals surface area contributed by atoms with Crippen LogP contribution in [0.15, 0.2) is 16.6 Å². The molecule has 17 heavy (non-hydrogen) atoms. The lowest BCUT2D eigenvalue weighted by Crippen LogP contribution is -2.29.